The first kappa shape index (κ1) is 29.3. The van der Waals surface area contributed by atoms with Crippen LogP contribution < -0.4 is 10.6 Å². The van der Waals surface area contributed by atoms with Crippen molar-refractivity contribution in [3.63, 3.8) is 0 Å². The highest BCUT2D eigenvalue weighted by atomic mass is 19.4. The third-order valence-corrected chi connectivity index (χ3v) is 6.49. The molecule has 2 aliphatic heterocycles. The van der Waals surface area contributed by atoms with Gasteiger partial charge in [-0.2, -0.15) is 13.2 Å². The molecule has 210 valence electrons. The van der Waals surface area contributed by atoms with Crippen molar-refractivity contribution in [1.82, 2.24) is 25.3 Å². The van der Waals surface area contributed by atoms with Gasteiger partial charge in [-0.15, -0.1) is 0 Å². The number of carbonyl (C=O) groups excluding carboxylic acids is 3. The standard InChI is InChI=1S/C26H36F3N5O4/c1-5-34-20(16-32-12-9-13-33(15-14-32)24(36)30-17(3)4)21(23(35)38-6-2)22(31-25(34)37)18-10-7-8-11-19(18)26(27,28)29/h7-8,10-11,17,22H,5-6,9,12-16H2,1-4H3,(H,30,36)(H,31,37). The molecule has 1 fully saturated rings. The molecule has 0 radical (unpaired) electrons. The molecule has 2 N–H and O–H groups in total. The lowest BCUT2D eigenvalue weighted by Gasteiger charge is -2.38. The molecule has 1 saturated heterocycles. The summed E-state index contributed by atoms with van der Waals surface area (Å²) in [7, 11) is 0. The first-order chi connectivity index (χ1) is 18.0. The van der Waals surface area contributed by atoms with Crippen molar-refractivity contribution >= 4 is 18.0 Å². The number of likely N-dealkylation sites (N-methyl/N-ethyl adjacent to an activating group) is 1. The van der Waals surface area contributed by atoms with Crippen molar-refractivity contribution < 1.29 is 32.3 Å². The van der Waals surface area contributed by atoms with E-state index in [-0.39, 0.29) is 42.9 Å². The van der Waals surface area contributed by atoms with Crippen molar-refractivity contribution in [1.29, 1.82) is 0 Å². The molecule has 2 heterocycles. The number of esters is 1. The number of urea groups is 2. The van der Waals surface area contributed by atoms with Crippen LogP contribution in [0.5, 0.6) is 0 Å². The first-order valence-electron chi connectivity index (χ1n) is 12.9. The van der Waals surface area contributed by atoms with E-state index in [1.54, 1.807) is 18.7 Å². The fraction of sp³-hybridized carbons (Fsp3) is 0.577. The molecule has 2 aliphatic rings. The Morgan fingerprint density at radius 1 is 1.13 bits per heavy atom. The molecule has 0 bridgehead atoms. The molecule has 1 atom stereocenters. The number of hydrogen-bond donors (Lipinski definition) is 2. The number of rotatable bonds is 7. The Labute approximate surface area is 221 Å². The molecule has 0 aromatic heterocycles. The molecule has 38 heavy (non-hydrogen) atoms. The highest BCUT2D eigenvalue weighted by Crippen LogP contribution is 2.39. The van der Waals surface area contributed by atoms with Gasteiger partial charge in [0.15, 0.2) is 0 Å². The highest BCUT2D eigenvalue weighted by Gasteiger charge is 2.42. The number of amides is 4. The number of halogens is 3. The second-order valence-corrected chi connectivity index (χ2v) is 9.51. The molecule has 1 aromatic rings. The van der Waals surface area contributed by atoms with Crippen molar-refractivity contribution in [2.75, 3.05) is 45.9 Å². The van der Waals surface area contributed by atoms with Gasteiger partial charge in [0.05, 0.1) is 23.8 Å². The van der Waals surface area contributed by atoms with Gasteiger partial charge in [0.2, 0.25) is 0 Å². The van der Waals surface area contributed by atoms with Crippen LogP contribution in [-0.2, 0) is 15.7 Å². The Bertz CT molecular complexity index is 1060. The quantitative estimate of drug-likeness (QED) is 0.515. The molecule has 0 aliphatic carbocycles. The third kappa shape index (κ3) is 6.77. The Balaban J connectivity index is 2.02. The van der Waals surface area contributed by atoms with E-state index in [1.165, 1.54) is 23.1 Å². The minimum Gasteiger partial charge on any atom is -0.463 e. The summed E-state index contributed by atoms with van der Waals surface area (Å²) >= 11 is 0. The van der Waals surface area contributed by atoms with Gasteiger partial charge in [0.25, 0.3) is 0 Å². The predicted octanol–water partition coefficient (Wildman–Crippen LogP) is 3.73. The number of alkyl halides is 3. The van der Waals surface area contributed by atoms with E-state index >= 15 is 0 Å². The lowest BCUT2D eigenvalue weighted by molar-refractivity contribution is -0.141. The summed E-state index contributed by atoms with van der Waals surface area (Å²) in [4.78, 5) is 44.0. The molecule has 1 aromatic carbocycles. The maximum atomic E-state index is 13.9. The summed E-state index contributed by atoms with van der Waals surface area (Å²) in [5.41, 5.74) is -0.879. The smallest absolute Gasteiger partial charge is 0.416 e. The Morgan fingerprint density at radius 2 is 1.84 bits per heavy atom. The van der Waals surface area contributed by atoms with Gasteiger partial charge >= 0.3 is 24.2 Å². The zero-order chi connectivity index (χ0) is 28.0. The number of nitrogens with one attached hydrogen (secondary N) is 2. The molecule has 4 amide bonds. The average Bonchev–Trinajstić information content (AvgIpc) is 3.09. The number of carbonyl (C=O) groups is 3. The number of nitrogens with zero attached hydrogens (tertiary/aromatic N) is 3. The van der Waals surface area contributed by atoms with Crippen LogP contribution in [0.15, 0.2) is 35.5 Å². The fourth-order valence-electron chi connectivity index (χ4n) is 4.78. The van der Waals surface area contributed by atoms with E-state index in [2.05, 4.69) is 10.6 Å². The minimum absolute atomic E-state index is 0.00507. The van der Waals surface area contributed by atoms with Crippen molar-refractivity contribution in [2.45, 2.75) is 52.4 Å². The Kier molecular flexibility index (Phi) is 9.64. The van der Waals surface area contributed by atoms with Gasteiger partial charge in [-0.1, -0.05) is 18.2 Å². The molecule has 12 heteroatoms. The van der Waals surface area contributed by atoms with Crippen molar-refractivity contribution in [3.8, 4) is 0 Å². The van der Waals surface area contributed by atoms with Gasteiger partial charge in [0, 0.05) is 51.0 Å². The normalized spacial score (nSPS) is 19.4. The molecule has 3 rings (SSSR count). The van der Waals surface area contributed by atoms with E-state index in [9.17, 15) is 27.6 Å². The van der Waals surface area contributed by atoms with Crippen LogP contribution in [-0.4, -0.2) is 84.6 Å². The van der Waals surface area contributed by atoms with Crippen LogP contribution in [0, 0.1) is 0 Å². The summed E-state index contributed by atoms with van der Waals surface area (Å²) in [6.45, 7) is 9.48. The van der Waals surface area contributed by atoms with Gasteiger partial charge in [-0.3, -0.25) is 9.80 Å². The van der Waals surface area contributed by atoms with Crippen LogP contribution in [0.3, 0.4) is 0 Å². The zero-order valence-electron chi connectivity index (χ0n) is 22.2. The molecule has 1 unspecified atom stereocenters. The molecule has 0 saturated carbocycles. The van der Waals surface area contributed by atoms with E-state index in [1.807, 2.05) is 18.7 Å². The summed E-state index contributed by atoms with van der Waals surface area (Å²) in [5, 5.41) is 5.48. The molecular formula is C26H36F3N5O4. The van der Waals surface area contributed by atoms with Gasteiger partial charge in [-0.05, 0) is 45.7 Å². The van der Waals surface area contributed by atoms with Crippen LogP contribution in [0.1, 0.15) is 51.3 Å². The van der Waals surface area contributed by atoms with Gasteiger partial charge in [-0.25, -0.2) is 14.4 Å². The number of benzene rings is 1. The van der Waals surface area contributed by atoms with Crippen molar-refractivity contribution in [2.24, 2.45) is 0 Å². The Hall–Kier alpha value is -3.28. The summed E-state index contributed by atoms with van der Waals surface area (Å²) in [6.07, 6.45) is -4.03. The summed E-state index contributed by atoms with van der Waals surface area (Å²) in [6, 6.07) is 2.81. The summed E-state index contributed by atoms with van der Waals surface area (Å²) < 4.78 is 47.0. The highest BCUT2D eigenvalue weighted by molar-refractivity contribution is 5.95. The third-order valence-electron chi connectivity index (χ3n) is 6.49. The second kappa shape index (κ2) is 12.5. The fourth-order valence-corrected chi connectivity index (χ4v) is 4.78. The number of ether oxygens (including phenoxy) is 1. The molecular weight excluding hydrogens is 503 g/mol. The van der Waals surface area contributed by atoms with Gasteiger partial charge in [0.1, 0.15) is 0 Å². The summed E-state index contributed by atoms with van der Waals surface area (Å²) in [5.74, 6) is -0.782. The SMILES string of the molecule is CCOC(=O)C1=C(CN2CCCN(C(=O)NC(C)C)CC2)N(CC)C(=O)NC1c1ccccc1C(F)(F)F. The topological polar surface area (TPSA) is 94.2 Å². The maximum absolute atomic E-state index is 13.9. The van der Waals surface area contributed by atoms with Crippen LogP contribution in [0.2, 0.25) is 0 Å². The molecule has 9 nitrogen and oxygen atoms in total. The second-order valence-electron chi connectivity index (χ2n) is 9.51. The van der Waals surface area contributed by atoms with Gasteiger partial charge < -0.3 is 20.3 Å². The van der Waals surface area contributed by atoms with Crippen LogP contribution in [0.25, 0.3) is 0 Å². The number of hydrogen-bond acceptors (Lipinski definition) is 5. The van der Waals surface area contributed by atoms with E-state index in [0.29, 0.717) is 38.3 Å². The first-order valence-corrected chi connectivity index (χ1v) is 12.9. The van der Waals surface area contributed by atoms with E-state index in [0.717, 1.165) is 6.07 Å². The zero-order valence-corrected chi connectivity index (χ0v) is 22.2. The average molecular weight is 540 g/mol. The van der Waals surface area contributed by atoms with E-state index in [4.69, 9.17) is 4.74 Å². The van der Waals surface area contributed by atoms with Crippen molar-refractivity contribution in [3.05, 3.63) is 46.7 Å². The van der Waals surface area contributed by atoms with Crippen LogP contribution in [0.4, 0.5) is 22.8 Å². The minimum atomic E-state index is -4.69. The monoisotopic (exact) mass is 539 g/mol. The largest absolute Gasteiger partial charge is 0.463 e. The lowest BCUT2D eigenvalue weighted by atomic mass is 9.90. The predicted molar refractivity (Wildman–Crippen MR) is 135 cm³/mol. The maximum Gasteiger partial charge on any atom is 0.416 e. The Morgan fingerprint density at radius 3 is 2.47 bits per heavy atom. The molecule has 0 spiro atoms. The van der Waals surface area contributed by atoms with Crippen LogP contribution >= 0.6 is 0 Å². The van der Waals surface area contributed by atoms with E-state index < -0.39 is 29.8 Å². The lowest BCUT2D eigenvalue weighted by Crippen LogP contribution is -2.51.